The number of methoxy groups -OCH3 is 1. The largest absolute Gasteiger partial charge is 0.454 e. The SMILES string of the molecule is COCC(=O)OCC(=O)Nc1cc(-c2ccc(C)cc2)no1. The summed E-state index contributed by atoms with van der Waals surface area (Å²) in [6, 6.07) is 9.32. The van der Waals surface area contributed by atoms with Gasteiger partial charge in [-0.3, -0.25) is 10.1 Å². The fourth-order valence-electron chi connectivity index (χ4n) is 1.67. The first-order valence-corrected chi connectivity index (χ1v) is 6.56. The molecule has 0 aliphatic rings. The number of carbonyl (C=O) groups is 2. The molecule has 0 atom stereocenters. The van der Waals surface area contributed by atoms with E-state index in [0.29, 0.717) is 5.69 Å². The molecule has 0 aliphatic heterocycles. The number of benzene rings is 1. The van der Waals surface area contributed by atoms with E-state index < -0.39 is 18.5 Å². The molecule has 116 valence electrons. The van der Waals surface area contributed by atoms with Crippen LogP contribution in [0.2, 0.25) is 0 Å². The first-order valence-electron chi connectivity index (χ1n) is 6.56. The molecule has 0 unspecified atom stereocenters. The van der Waals surface area contributed by atoms with Crippen LogP contribution >= 0.6 is 0 Å². The molecule has 0 radical (unpaired) electrons. The number of nitrogens with one attached hydrogen (secondary N) is 1. The second-order valence-electron chi connectivity index (χ2n) is 4.58. The number of esters is 1. The van der Waals surface area contributed by atoms with E-state index in [1.807, 2.05) is 31.2 Å². The van der Waals surface area contributed by atoms with Gasteiger partial charge in [-0.25, -0.2) is 4.79 Å². The van der Waals surface area contributed by atoms with Crippen LogP contribution in [0.4, 0.5) is 5.88 Å². The number of hydrogen-bond donors (Lipinski definition) is 1. The maximum Gasteiger partial charge on any atom is 0.332 e. The molecule has 0 saturated heterocycles. The number of amides is 1. The molecule has 0 bridgehead atoms. The lowest BCUT2D eigenvalue weighted by atomic mass is 10.1. The highest BCUT2D eigenvalue weighted by atomic mass is 16.6. The smallest absolute Gasteiger partial charge is 0.332 e. The summed E-state index contributed by atoms with van der Waals surface area (Å²) >= 11 is 0. The molecule has 2 aromatic rings. The first kappa shape index (κ1) is 15.7. The predicted molar refractivity (Wildman–Crippen MR) is 78.1 cm³/mol. The topological polar surface area (TPSA) is 90.7 Å². The number of anilines is 1. The summed E-state index contributed by atoms with van der Waals surface area (Å²) in [5, 5.41) is 6.33. The zero-order valence-corrected chi connectivity index (χ0v) is 12.3. The van der Waals surface area contributed by atoms with E-state index >= 15 is 0 Å². The second-order valence-corrected chi connectivity index (χ2v) is 4.58. The number of carbonyl (C=O) groups excluding carboxylic acids is 2. The van der Waals surface area contributed by atoms with Crippen LogP contribution in [0, 0.1) is 6.92 Å². The van der Waals surface area contributed by atoms with E-state index in [0.717, 1.165) is 11.1 Å². The molecule has 2 rings (SSSR count). The van der Waals surface area contributed by atoms with Gasteiger partial charge >= 0.3 is 5.97 Å². The van der Waals surface area contributed by atoms with Crippen LogP contribution in [0.15, 0.2) is 34.9 Å². The molecular weight excluding hydrogens is 288 g/mol. The van der Waals surface area contributed by atoms with Gasteiger partial charge < -0.3 is 14.0 Å². The molecule has 1 aromatic heterocycles. The van der Waals surface area contributed by atoms with Crippen LogP contribution in [0.5, 0.6) is 0 Å². The number of ether oxygens (including phenoxy) is 2. The van der Waals surface area contributed by atoms with E-state index in [4.69, 9.17) is 4.52 Å². The molecule has 1 amide bonds. The predicted octanol–water partition coefficient (Wildman–Crippen LogP) is 1.78. The summed E-state index contributed by atoms with van der Waals surface area (Å²) in [7, 11) is 1.36. The Labute approximate surface area is 127 Å². The molecule has 0 saturated carbocycles. The summed E-state index contributed by atoms with van der Waals surface area (Å²) in [5.74, 6) is -0.949. The lowest BCUT2D eigenvalue weighted by molar-refractivity contribution is -0.150. The molecule has 22 heavy (non-hydrogen) atoms. The van der Waals surface area contributed by atoms with E-state index in [1.165, 1.54) is 7.11 Å². The van der Waals surface area contributed by atoms with Crippen molar-refractivity contribution in [1.29, 1.82) is 0 Å². The Morgan fingerprint density at radius 2 is 1.95 bits per heavy atom. The number of aryl methyl sites for hydroxylation is 1. The highest BCUT2D eigenvalue weighted by molar-refractivity contribution is 5.92. The lowest BCUT2D eigenvalue weighted by Gasteiger charge is -2.03. The third-order valence-corrected chi connectivity index (χ3v) is 2.75. The molecule has 0 fully saturated rings. The molecule has 0 aliphatic carbocycles. The normalized spacial score (nSPS) is 10.3. The summed E-state index contributed by atoms with van der Waals surface area (Å²) < 4.78 is 14.3. The van der Waals surface area contributed by atoms with Gasteiger partial charge in [0.15, 0.2) is 6.61 Å². The highest BCUT2D eigenvalue weighted by Crippen LogP contribution is 2.21. The number of rotatable bonds is 6. The average Bonchev–Trinajstić information content (AvgIpc) is 2.95. The molecule has 7 nitrogen and oxygen atoms in total. The molecule has 7 heteroatoms. The fraction of sp³-hybridized carbons (Fsp3) is 0.267. The van der Waals surface area contributed by atoms with Gasteiger partial charge in [0.1, 0.15) is 12.3 Å². The molecular formula is C15H16N2O5. The van der Waals surface area contributed by atoms with E-state index in [-0.39, 0.29) is 12.5 Å². The molecule has 0 spiro atoms. The quantitative estimate of drug-likeness (QED) is 0.818. The van der Waals surface area contributed by atoms with Crippen molar-refractivity contribution in [3.8, 4) is 11.3 Å². The lowest BCUT2D eigenvalue weighted by Crippen LogP contribution is -2.22. The van der Waals surface area contributed by atoms with Crippen molar-refractivity contribution >= 4 is 17.8 Å². The van der Waals surface area contributed by atoms with Crippen LogP contribution in [0.3, 0.4) is 0 Å². The maximum atomic E-state index is 11.6. The van der Waals surface area contributed by atoms with Crippen molar-refractivity contribution in [3.63, 3.8) is 0 Å². The fourth-order valence-corrected chi connectivity index (χ4v) is 1.67. The van der Waals surface area contributed by atoms with Crippen LogP contribution in [-0.4, -0.2) is 37.4 Å². The van der Waals surface area contributed by atoms with Gasteiger partial charge in [-0.1, -0.05) is 35.0 Å². The molecule has 1 heterocycles. The van der Waals surface area contributed by atoms with Crippen LogP contribution in [-0.2, 0) is 19.1 Å². The van der Waals surface area contributed by atoms with Crippen molar-refractivity contribution in [2.45, 2.75) is 6.92 Å². The van der Waals surface area contributed by atoms with Crippen molar-refractivity contribution < 1.29 is 23.6 Å². The van der Waals surface area contributed by atoms with E-state index in [9.17, 15) is 9.59 Å². The summed E-state index contributed by atoms with van der Waals surface area (Å²) in [5.41, 5.74) is 2.62. The summed E-state index contributed by atoms with van der Waals surface area (Å²) in [6.07, 6.45) is 0. The number of hydrogen-bond acceptors (Lipinski definition) is 6. The molecule has 1 N–H and O–H groups in total. The third-order valence-electron chi connectivity index (χ3n) is 2.75. The van der Waals surface area contributed by atoms with Crippen molar-refractivity contribution in [3.05, 3.63) is 35.9 Å². The van der Waals surface area contributed by atoms with Gasteiger partial charge in [-0.05, 0) is 6.92 Å². The average molecular weight is 304 g/mol. The highest BCUT2D eigenvalue weighted by Gasteiger charge is 2.11. The Morgan fingerprint density at radius 1 is 1.23 bits per heavy atom. The van der Waals surface area contributed by atoms with Crippen molar-refractivity contribution in [2.75, 3.05) is 25.6 Å². The van der Waals surface area contributed by atoms with Crippen molar-refractivity contribution in [1.82, 2.24) is 5.16 Å². The Hall–Kier alpha value is -2.67. The number of nitrogens with zero attached hydrogens (tertiary/aromatic N) is 1. The Kier molecular flexibility index (Phi) is 5.26. The zero-order chi connectivity index (χ0) is 15.9. The van der Waals surface area contributed by atoms with Gasteiger partial charge in [0.2, 0.25) is 5.88 Å². The minimum absolute atomic E-state index is 0.184. The van der Waals surface area contributed by atoms with Gasteiger partial charge in [0.25, 0.3) is 5.91 Å². The molecule has 1 aromatic carbocycles. The Balaban J connectivity index is 1.90. The Morgan fingerprint density at radius 3 is 2.64 bits per heavy atom. The van der Waals surface area contributed by atoms with Gasteiger partial charge in [-0.2, -0.15) is 0 Å². The number of aromatic nitrogens is 1. The minimum atomic E-state index is -0.615. The maximum absolute atomic E-state index is 11.6. The Bertz CT molecular complexity index is 648. The van der Waals surface area contributed by atoms with E-state index in [2.05, 4.69) is 19.9 Å². The minimum Gasteiger partial charge on any atom is -0.454 e. The monoisotopic (exact) mass is 304 g/mol. The van der Waals surface area contributed by atoms with Crippen LogP contribution in [0.25, 0.3) is 11.3 Å². The third kappa shape index (κ3) is 4.42. The zero-order valence-electron chi connectivity index (χ0n) is 12.3. The second kappa shape index (κ2) is 7.37. The first-order chi connectivity index (χ1) is 10.6. The van der Waals surface area contributed by atoms with Crippen LogP contribution < -0.4 is 5.32 Å². The summed E-state index contributed by atoms with van der Waals surface area (Å²) in [6.45, 7) is 1.37. The van der Waals surface area contributed by atoms with Crippen molar-refractivity contribution in [2.24, 2.45) is 0 Å². The standard InChI is InChI=1S/C15H16N2O5/c1-10-3-5-11(6-4-10)12-7-14(22-17-12)16-13(18)8-21-15(19)9-20-2/h3-7H,8-9H2,1-2H3,(H,16,18). The summed E-state index contributed by atoms with van der Waals surface area (Å²) in [4.78, 5) is 22.6. The van der Waals surface area contributed by atoms with Gasteiger partial charge in [0.05, 0.1) is 0 Å². The van der Waals surface area contributed by atoms with Crippen LogP contribution in [0.1, 0.15) is 5.56 Å². The van der Waals surface area contributed by atoms with Gasteiger partial charge in [-0.15, -0.1) is 0 Å². The van der Waals surface area contributed by atoms with Gasteiger partial charge in [0, 0.05) is 18.7 Å². The van der Waals surface area contributed by atoms with E-state index in [1.54, 1.807) is 6.07 Å².